The summed E-state index contributed by atoms with van der Waals surface area (Å²) >= 11 is 0. The Bertz CT molecular complexity index is 814. The predicted octanol–water partition coefficient (Wildman–Crippen LogP) is 11.9. The fourth-order valence-corrected chi connectivity index (χ4v) is 5.56. The summed E-state index contributed by atoms with van der Waals surface area (Å²) in [7, 11) is 0. The molecule has 0 heterocycles. The number of aliphatic hydroxyl groups excluding tert-OH is 1. The highest BCUT2D eigenvalue weighted by Crippen LogP contribution is 2.36. The van der Waals surface area contributed by atoms with Gasteiger partial charge in [-0.05, 0) is 94.1 Å². The topological polar surface area (TPSA) is 37.3 Å². The van der Waals surface area contributed by atoms with Crippen molar-refractivity contribution in [3.05, 3.63) is 46.6 Å². The van der Waals surface area contributed by atoms with Gasteiger partial charge in [-0.1, -0.05) is 123 Å². The van der Waals surface area contributed by atoms with Crippen LogP contribution >= 0.6 is 0 Å². The van der Waals surface area contributed by atoms with E-state index in [2.05, 4.69) is 86.6 Å². The smallest absolute Gasteiger partial charge is 0.158 e. The van der Waals surface area contributed by atoms with E-state index in [9.17, 15) is 14.3 Å². The van der Waals surface area contributed by atoms with Crippen molar-refractivity contribution in [3.8, 4) is 0 Å². The van der Waals surface area contributed by atoms with Gasteiger partial charge in [0.2, 0.25) is 0 Å². The van der Waals surface area contributed by atoms with Crippen LogP contribution < -0.4 is 0 Å². The molecule has 5 unspecified atom stereocenters. The lowest BCUT2D eigenvalue weighted by atomic mass is 9.76. The molecule has 0 saturated carbocycles. The van der Waals surface area contributed by atoms with E-state index in [1.54, 1.807) is 6.92 Å². The van der Waals surface area contributed by atoms with Crippen molar-refractivity contribution in [2.75, 3.05) is 0 Å². The van der Waals surface area contributed by atoms with E-state index in [1.165, 1.54) is 17.6 Å². The van der Waals surface area contributed by atoms with Crippen LogP contribution in [0.5, 0.6) is 0 Å². The van der Waals surface area contributed by atoms with Gasteiger partial charge in [0.05, 0.1) is 6.10 Å². The highest BCUT2D eigenvalue weighted by Gasteiger charge is 2.26. The molecule has 1 aliphatic rings. The Morgan fingerprint density at radius 3 is 2.15 bits per heavy atom. The maximum Gasteiger partial charge on any atom is 0.158 e. The minimum atomic E-state index is -0.916. The molecule has 1 rings (SSSR count). The molecule has 5 atom stereocenters. The number of rotatable bonds is 18. The summed E-state index contributed by atoms with van der Waals surface area (Å²) in [5.74, 6) is 1.64. The third-order valence-electron chi connectivity index (χ3n) is 8.83. The average molecular weight is 577 g/mol. The molecule has 0 bridgehead atoms. The van der Waals surface area contributed by atoms with Gasteiger partial charge < -0.3 is 5.11 Å². The Morgan fingerprint density at radius 1 is 1.05 bits per heavy atom. The lowest BCUT2D eigenvalue weighted by molar-refractivity contribution is -0.117. The quantitative estimate of drug-likeness (QED) is 0.100. The zero-order valence-corrected chi connectivity index (χ0v) is 28.0. The molecule has 1 aliphatic carbocycles. The number of aliphatic hydroxyl groups is 1. The number of carbonyl (C=O) groups is 1. The Hall–Kier alpha value is -1.48. The average Bonchev–Trinajstić information content (AvgIpc) is 2.93. The van der Waals surface area contributed by atoms with Gasteiger partial charge in [0.25, 0.3) is 0 Å². The van der Waals surface area contributed by atoms with Crippen LogP contribution in [0.2, 0.25) is 0 Å². The molecule has 0 aliphatic heterocycles. The highest BCUT2D eigenvalue weighted by atomic mass is 19.1. The monoisotopic (exact) mass is 577 g/mol. The SMILES string of the molecule is C.C/C=C(\C)CC.CC/C=C(\CC)C(=O)CC(CC1=CCC(C)C(C(C)F)=C1)C(CC)CCCCCC(O)C(C)C. The Morgan fingerprint density at radius 2 is 1.68 bits per heavy atom. The van der Waals surface area contributed by atoms with Crippen LogP contribution in [0.3, 0.4) is 0 Å². The van der Waals surface area contributed by atoms with Crippen molar-refractivity contribution in [1.29, 1.82) is 0 Å². The number of halogens is 1. The van der Waals surface area contributed by atoms with Crippen molar-refractivity contribution in [2.45, 2.75) is 166 Å². The first-order valence-corrected chi connectivity index (χ1v) is 16.5. The van der Waals surface area contributed by atoms with Gasteiger partial charge in [0.15, 0.2) is 5.78 Å². The van der Waals surface area contributed by atoms with E-state index in [0.29, 0.717) is 24.0 Å². The number of hydrogen-bond donors (Lipinski definition) is 1. The van der Waals surface area contributed by atoms with E-state index in [0.717, 1.165) is 75.4 Å². The second-order valence-electron chi connectivity index (χ2n) is 12.4. The van der Waals surface area contributed by atoms with Crippen molar-refractivity contribution < 1.29 is 14.3 Å². The number of hydrogen-bond acceptors (Lipinski definition) is 2. The number of allylic oxidation sites excluding steroid dienone is 8. The van der Waals surface area contributed by atoms with Crippen LogP contribution in [0.1, 0.15) is 154 Å². The summed E-state index contributed by atoms with van der Waals surface area (Å²) in [6.07, 6.45) is 19.0. The lowest BCUT2D eigenvalue weighted by Crippen LogP contribution is -2.21. The minimum Gasteiger partial charge on any atom is -0.393 e. The first-order chi connectivity index (χ1) is 18.9. The van der Waals surface area contributed by atoms with Crippen LogP contribution in [0.25, 0.3) is 0 Å². The number of carbonyl (C=O) groups excluding carboxylic acids is 1. The Labute approximate surface area is 256 Å². The summed E-state index contributed by atoms with van der Waals surface area (Å²) < 4.78 is 14.2. The largest absolute Gasteiger partial charge is 0.393 e. The zero-order valence-electron chi connectivity index (χ0n) is 28.0. The molecule has 0 aromatic carbocycles. The van der Waals surface area contributed by atoms with Crippen molar-refractivity contribution >= 4 is 5.78 Å². The zero-order chi connectivity index (χ0) is 30.7. The van der Waals surface area contributed by atoms with E-state index in [-0.39, 0.29) is 25.4 Å². The Kier molecular flexibility index (Phi) is 24.4. The van der Waals surface area contributed by atoms with Crippen LogP contribution in [-0.4, -0.2) is 23.2 Å². The van der Waals surface area contributed by atoms with Gasteiger partial charge in [-0.2, -0.15) is 0 Å². The molecule has 1 N–H and O–H groups in total. The fraction of sp³-hybridized carbons (Fsp3) is 0.763. The van der Waals surface area contributed by atoms with Gasteiger partial charge in [0.1, 0.15) is 6.17 Å². The first kappa shape index (κ1) is 41.7. The van der Waals surface area contributed by atoms with E-state index >= 15 is 0 Å². The third kappa shape index (κ3) is 17.3. The van der Waals surface area contributed by atoms with Crippen LogP contribution in [-0.2, 0) is 4.79 Å². The summed E-state index contributed by atoms with van der Waals surface area (Å²) in [4.78, 5) is 13.2. The van der Waals surface area contributed by atoms with E-state index < -0.39 is 6.17 Å². The number of alkyl halides is 1. The van der Waals surface area contributed by atoms with Gasteiger partial charge in [0, 0.05) is 6.42 Å². The molecule has 0 aromatic heterocycles. The molecular weight excluding hydrogens is 507 g/mol. The first-order valence-electron chi connectivity index (χ1n) is 16.5. The fourth-order valence-electron chi connectivity index (χ4n) is 5.56. The lowest BCUT2D eigenvalue weighted by Gasteiger charge is -2.29. The highest BCUT2D eigenvalue weighted by molar-refractivity contribution is 5.95. The summed E-state index contributed by atoms with van der Waals surface area (Å²) in [6.45, 7) is 20.7. The molecule has 0 radical (unpaired) electrons. The molecule has 0 fully saturated rings. The van der Waals surface area contributed by atoms with Crippen molar-refractivity contribution in [1.82, 2.24) is 0 Å². The molecule has 3 heteroatoms. The second kappa shape index (κ2) is 24.0. The summed E-state index contributed by atoms with van der Waals surface area (Å²) in [5.41, 5.74) is 4.55. The van der Waals surface area contributed by atoms with Gasteiger partial charge in [-0.3, -0.25) is 4.79 Å². The van der Waals surface area contributed by atoms with Gasteiger partial charge >= 0.3 is 0 Å². The Balaban J connectivity index is 0. The standard InChI is InChI=1S/C31H53FO2.C6H12.CH4/c1-8-14-27(10-3)31(34)21-28(19-25-18-17-23(6)29(20-25)24(7)32)26(9-2)15-12-11-13-16-30(33)22(4)5;1-4-6(3)5-2;/h14,18,20,22-24,26,28,30,33H,8-13,15-17,19,21H2,1-7H3;4H,5H2,1-3H3;1H4/b27-14+;6-4+;. The molecule has 41 heavy (non-hydrogen) atoms. The molecule has 0 aromatic rings. The molecule has 0 spiro atoms. The molecule has 0 amide bonds. The van der Waals surface area contributed by atoms with Gasteiger partial charge in [-0.25, -0.2) is 4.39 Å². The summed E-state index contributed by atoms with van der Waals surface area (Å²) in [5, 5.41) is 10.1. The maximum atomic E-state index is 14.2. The molecule has 0 saturated heterocycles. The van der Waals surface area contributed by atoms with E-state index in [1.807, 2.05) is 0 Å². The van der Waals surface area contributed by atoms with Crippen LogP contribution in [0, 0.1) is 23.7 Å². The minimum absolute atomic E-state index is 0. The third-order valence-corrected chi connectivity index (χ3v) is 8.83. The number of unbranched alkanes of at least 4 members (excludes halogenated alkanes) is 2. The van der Waals surface area contributed by atoms with E-state index in [4.69, 9.17) is 0 Å². The van der Waals surface area contributed by atoms with Crippen molar-refractivity contribution in [2.24, 2.45) is 23.7 Å². The van der Waals surface area contributed by atoms with Crippen LogP contribution in [0.4, 0.5) is 4.39 Å². The molecule has 2 nitrogen and oxygen atoms in total. The number of ketones is 1. The maximum absolute atomic E-state index is 14.2. The summed E-state index contributed by atoms with van der Waals surface area (Å²) in [6, 6.07) is 0. The number of Topliss-reactive ketones (excluding diaryl/α,β-unsaturated/α-hetero) is 1. The molecule has 240 valence electrons. The van der Waals surface area contributed by atoms with Gasteiger partial charge in [-0.15, -0.1) is 0 Å². The van der Waals surface area contributed by atoms with Crippen molar-refractivity contribution in [3.63, 3.8) is 0 Å². The predicted molar refractivity (Wildman–Crippen MR) is 181 cm³/mol. The van der Waals surface area contributed by atoms with Crippen LogP contribution in [0.15, 0.2) is 46.6 Å². The molecular formula is C38H69FO2. The normalized spacial score (nSPS) is 18.8. The second-order valence-corrected chi connectivity index (χ2v) is 12.4.